The van der Waals surface area contributed by atoms with Crippen LogP contribution in [0.5, 0.6) is 0 Å². The molecule has 0 radical (unpaired) electrons. The maximum Gasteiger partial charge on any atom is 0.123 e. The molecule has 84 valence electrons. The molecule has 1 atom stereocenters. The fourth-order valence-electron chi connectivity index (χ4n) is 1.50. The van der Waals surface area contributed by atoms with E-state index in [4.69, 9.17) is 0 Å². The number of hydrogen-bond acceptors (Lipinski definition) is 2. The topological polar surface area (TPSA) is 3.24 Å². The van der Waals surface area contributed by atoms with E-state index in [0.29, 0.717) is 5.92 Å². The SMILES string of the molecule is CCC(CS)CN(C)c1ccc(F)cc1. The maximum absolute atomic E-state index is 12.7. The summed E-state index contributed by atoms with van der Waals surface area (Å²) in [4.78, 5) is 2.14. The van der Waals surface area contributed by atoms with Crippen LogP contribution in [0.2, 0.25) is 0 Å². The van der Waals surface area contributed by atoms with Crippen molar-refractivity contribution < 1.29 is 4.39 Å². The lowest BCUT2D eigenvalue weighted by Gasteiger charge is -2.24. The maximum atomic E-state index is 12.7. The first-order valence-corrected chi connectivity index (χ1v) is 5.88. The van der Waals surface area contributed by atoms with E-state index in [9.17, 15) is 4.39 Å². The summed E-state index contributed by atoms with van der Waals surface area (Å²) in [5.41, 5.74) is 1.05. The number of rotatable bonds is 5. The molecule has 0 spiro atoms. The molecule has 1 aromatic rings. The minimum atomic E-state index is -0.187. The molecule has 0 aliphatic rings. The highest BCUT2D eigenvalue weighted by Crippen LogP contribution is 2.16. The van der Waals surface area contributed by atoms with E-state index >= 15 is 0 Å². The van der Waals surface area contributed by atoms with Gasteiger partial charge in [0.2, 0.25) is 0 Å². The van der Waals surface area contributed by atoms with Gasteiger partial charge in [-0.15, -0.1) is 0 Å². The molecule has 15 heavy (non-hydrogen) atoms. The minimum absolute atomic E-state index is 0.187. The number of anilines is 1. The Morgan fingerprint density at radius 1 is 1.33 bits per heavy atom. The minimum Gasteiger partial charge on any atom is -0.374 e. The van der Waals surface area contributed by atoms with Crippen LogP contribution in [0.1, 0.15) is 13.3 Å². The van der Waals surface area contributed by atoms with Crippen LogP contribution in [0.4, 0.5) is 10.1 Å². The molecule has 0 amide bonds. The van der Waals surface area contributed by atoms with Crippen molar-refractivity contribution >= 4 is 18.3 Å². The molecule has 0 saturated carbocycles. The Hall–Kier alpha value is -0.700. The summed E-state index contributed by atoms with van der Waals surface area (Å²) < 4.78 is 12.7. The molecular weight excluding hydrogens is 209 g/mol. The van der Waals surface area contributed by atoms with Crippen LogP contribution >= 0.6 is 12.6 Å². The van der Waals surface area contributed by atoms with E-state index in [1.807, 2.05) is 7.05 Å². The Balaban J connectivity index is 2.60. The Morgan fingerprint density at radius 3 is 2.40 bits per heavy atom. The normalized spacial score (nSPS) is 12.5. The monoisotopic (exact) mass is 227 g/mol. The molecule has 0 aliphatic carbocycles. The number of halogens is 1. The number of hydrogen-bond donors (Lipinski definition) is 1. The van der Waals surface area contributed by atoms with Crippen molar-refractivity contribution in [3.05, 3.63) is 30.1 Å². The fraction of sp³-hybridized carbons (Fsp3) is 0.500. The third-order valence-electron chi connectivity index (χ3n) is 2.64. The standard InChI is InChI=1S/C12H18FNS/c1-3-10(9-15)8-14(2)12-6-4-11(13)5-7-12/h4-7,10,15H,3,8-9H2,1-2H3. The van der Waals surface area contributed by atoms with Crippen LogP contribution in [0, 0.1) is 11.7 Å². The van der Waals surface area contributed by atoms with Gasteiger partial charge in [-0.2, -0.15) is 12.6 Å². The van der Waals surface area contributed by atoms with E-state index in [1.54, 1.807) is 12.1 Å². The lowest BCUT2D eigenvalue weighted by Crippen LogP contribution is -2.25. The van der Waals surface area contributed by atoms with Gasteiger partial charge in [-0.1, -0.05) is 13.3 Å². The highest BCUT2D eigenvalue weighted by Gasteiger charge is 2.08. The first kappa shape index (κ1) is 12.4. The van der Waals surface area contributed by atoms with Gasteiger partial charge in [-0.05, 0) is 35.9 Å². The van der Waals surface area contributed by atoms with E-state index in [1.165, 1.54) is 12.1 Å². The van der Waals surface area contributed by atoms with Crippen molar-refractivity contribution in [3.63, 3.8) is 0 Å². The molecule has 3 heteroatoms. The van der Waals surface area contributed by atoms with Crippen molar-refractivity contribution in [2.45, 2.75) is 13.3 Å². The summed E-state index contributed by atoms with van der Waals surface area (Å²) in [5, 5.41) is 0. The predicted octanol–water partition coefficient (Wildman–Crippen LogP) is 3.22. The van der Waals surface area contributed by atoms with Crippen LogP contribution in [0.3, 0.4) is 0 Å². The highest BCUT2D eigenvalue weighted by molar-refractivity contribution is 7.80. The van der Waals surface area contributed by atoms with Crippen molar-refractivity contribution in [2.24, 2.45) is 5.92 Å². The molecule has 0 fully saturated rings. The first-order chi connectivity index (χ1) is 7.17. The van der Waals surface area contributed by atoms with Gasteiger partial charge in [-0.25, -0.2) is 4.39 Å². The molecule has 0 saturated heterocycles. The number of thiol groups is 1. The summed E-state index contributed by atoms with van der Waals surface area (Å²) in [6.45, 7) is 3.13. The van der Waals surface area contributed by atoms with E-state index in [2.05, 4.69) is 24.5 Å². The predicted molar refractivity (Wildman–Crippen MR) is 67.3 cm³/mol. The van der Waals surface area contributed by atoms with Gasteiger partial charge in [0.15, 0.2) is 0 Å². The third-order valence-corrected chi connectivity index (χ3v) is 3.15. The molecule has 1 unspecified atom stereocenters. The Labute approximate surface area is 96.7 Å². The summed E-state index contributed by atoms with van der Waals surface area (Å²) in [6.07, 6.45) is 1.12. The van der Waals surface area contributed by atoms with Gasteiger partial charge >= 0.3 is 0 Å². The number of nitrogens with zero attached hydrogens (tertiary/aromatic N) is 1. The second kappa shape index (κ2) is 6.01. The molecule has 0 N–H and O–H groups in total. The van der Waals surface area contributed by atoms with Gasteiger partial charge in [-0.3, -0.25) is 0 Å². The van der Waals surface area contributed by atoms with E-state index in [-0.39, 0.29) is 5.82 Å². The van der Waals surface area contributed by atoms with Crippen molar-refractivity contribution in [2.75, 3.05) is 24.2 Å². The van der Waals surface area contributed by atoms with E-state index in [0.717, 1.165) is 24.4 Å². The second-order valence-electron chi connectivity index (χ2n) is 3.81. The lowest BCUT2D eigenvalue weighted by atomic mass is 10.1. The molecule has 0 bridgehead atoms. The van der Waals surface area contributed by atoms with Gasteiger partial charge < -0.3 is 4.90 Å². The smallest absolute Gasteiger partial charge is 0.123 e. The fourth-order valence-corrected chi connectivity index (χ4v) is 1.88. The van der Waals surface area contributed by atoms with Gasteiger partial charge in [0.05, 0.1) is 0 Å². The number of benzene rings is 1. The van der Waals surface area contributed by atoms with Crippen molar-refractivity contribution in [1.82, 2.24) is 0 Å². The summed E-state index contributed by atoms with van der Waals surface area (Å²) in [6, 6.07) is 6.60. The average Bonchev–Trinajstić information content (AvgIpc) is 2.26. The first-order valence-electron chi connectivity index (χ1n) is 5.25. The Bertz CT molecular complexity index is 282. The van der Waals surface area contributed by atoms with Crippen LogP contribution in [-0.2, 0) is 0 Å². The summed E-state index contributed by atoms with van der Waals surface area (Å²) in [5.74, 6) is 1.29. The quantitative estimate of drug-likeness (QED) is 0.756. The zero-order chi connectivity index (χ0) is 11.3. The summed E-state index contributed by atoms with van der Waals surface area (Å²) in [7, 11) is 2.03. The zero-order valence-corrected chi connectivity index (χ0v) is 10.2. The average molecular weight is 227 g/mol. The molecule has 0 heterocycles. The molecule has 1 aromatic carbocycles. The molecule has 1 rings (SSSR count). The molecule has 0 aliphatic heterocycles. The van der Waals surface area contributed by atoms with Crippen molar-refractivity contribution in [3.8, 4) is 0 Å². The van der Waals surface area contributed by atoms with Crippen LogP contribution in [0.15, 0.2) is 24.3 Å². The molecule has 1 nitrogen and oxygen atoms in total. The van der Waals surface area contributed by atoms with Gasteiger partial charge in [0, 0.05) is 19.3 Å². The lowest BCUT2D eigenvalue weighted by molar-refractivity contribution is 0.570. The summed E-state index contributed by atoms with van der Waals surface area (Å²) >= 11 is 4.31. The third kappa shape index (κ3) is 3.74. The molecule has 0 aromatic heterocycles. The van der Waals surface area contributed by atoms with E-state index < -0.39 is 0 Å². The second-order valence-corrected chi connectivity index (χ2v) is 4.18. The van der Waals surface area contributed by atoms with Crippen LogP contribution < -0.4 is 4.90 Å². The highest BCUT2D eigenvalue weighted by atomic mass is 32.1. The van der Waals surface area contributed by atoms with Crippen molar-refractivity contribution in [1.29, 1.82) is 0 Å². The Morgan fingerprint density at radius 2 is 1.93 bits per heavy atom. The largest absolute Gasteiger partial charge is 0.374 e. The van der Waals surface area contributed by atoms with Gasteiger partial charge in [0.25, 0.3) is 0 Å². The van der Waals surface area contributed by atoms with Crippen LogP contribution in [0.25, 0.3) is 0 Å². The zero-order valence-electron chi connectivity index (χ0n) is 9.28. The van der Waals surface area contributed by atoms with Gasteiger partial charge in [0.1, 0.15) is 5.82 Å². The van der Waals surface area contributed by atoms with Crippen LogP contribution in [-0.4, -0.2) is 19.3 Å². The molecular formula is C12H18FNS. The Kier molecular flexibility index (Phi) is 4.95.